The van der Waals surface area contributed by atoms with Crippen LogP contribution in [0.4, 0.5) is 0 Å². The van der Waals surface area contributed by atoms with Gasteiger partial charge in [-0.15, -0.1) is 0 Å². The third-order valence-corrected chi connectivity index (χ3v) is 1.43. The van der Waals surface area contributed by atoms with Crippen LogP contribution in [-0.4, -0.2) is 17.1 Å². The fourth-order valence-corrected chi connectivity index (χ4v) is 0.850. The third-order valence-electron chi connectivity index (χ3n) is 1.43. The monoisotopic (exact) mass is 139 g/mol. The van der Waals surface area contributed by atoms with Gasteiger partial charge in [-0.05, 0) is 12.0 Å². The van der Waals surface area contributed by atoms with Gasteiger partial charge in [0.05, 0.1) is 0 Å². The van der Waals surface area contributed by atoms with Gasteiger partial charge in [0.15, 0.2) is 0 Å². The molecule has 0 spiro atoms. The lowest BCUT2D eigenvalue weighted by molar-refractivity contribution is -0.137. The van der Waals surface area contributed by atoms with Crippen molar-refractivity contribution in [1.29, 1.82) is 0 Å². The zero-order valence-electron chi connectivity index (χ0n) is 5.45. The quantitative estimate of drug-likeness (QED) is 0.577. The van der Waals surface area contributed by atoms with E-state index in [-0.39, 0.29) is 0 Å². The summed E-state index contributed by atoms with van der Waals surface area (Å²) in [6.45, 7) is 0. The van der Waals surface area contributed by atoms with Crippen LogP contribution in [0.2, 0.25) is 0 Å². The average molecular weight is 139 g/mol. The molecule has 0 aromatic heterocycles. The standard InChI is InChI=1S/C7H9NO2/c8-6(7(9)10)5-3-1-2-4-5/h1,3-4,6H,2,8H2,(H,9,10)/t6-/m1/s1. The van der Waals surface area contributed by atoms with Gasteiger partial charge >= 0.3 is 5.97 Å². The van der Waals surface area contributed by atoms with Crippen LogP contribution >= 0.6 is 0 Å². The molecule has 0 saturated carbocycles. The normalized spacial score (nSPS) is 18.7. The lowest BCUT2D eigenvalue weighted by Crippen LogP contribution is -2.31. The second-order valence-electron chi connectivity index (χ2n) is 2.16. The van der Waals surface area contributed by atoms with Crippen molar-refractivity contribution in [2.45, 2.75) is 12.5 Å². The van der Waals surface area contributed by atoms with Crippen molar-refractivity contribution >= 4 is 5.97 Å². The minimum absolute atomic E-state index is 0.701. The predicted octanol–water partition coefficient (Wildman–Crippen LogP) is 0.285. The summed E-state index contributed by atoms with van der Waals surface area (Å²) in [4.78, 5) is 10.3. The second-order valence-corrected chi connectivity index (χ2v) is 2.16. The van der Waals surface area contributed by atoms with Gasteiger partial charge in [0.1, 0.15) is 6.04 Å². The summed E-state index contributed by atoms with van der Waals surface area (Å²) in [5.41, 5.74) is 6.00. The van der Waals surface area contributed by atoms with E-state index in [4.69, 9.17) is 10.8 Å². The van der Waals surface area contributed by atoms with Gasteiger partial charge in [0.2, 0.25) is 0 Å². The van der Waals surface area contributed by atoms with E-state index in [9.17, 15) is 4.79 Å². The first kappa shape index (κ1) is 7.02. The van der Waals surface area contributed by atoms with Crippen LogP contribution < -0.4 is 5.73 Å². The molecule has 0 bridgehead atoms. The van der Waals surface area contributed by atoms with Crippen molar-refractivity contribution in [2.24, 2.45) is 5.73 Å². The van der Waals surface area contributed by atoms with Gasteiger partial charge in [-0.25, -0.2) is 0 Å². The maximum Gasteiger partial charge on any atom is 0.325 e. The van der Waals surface area contributed by atoms with E-state index in [0.717, 1.165) is 6.42 Å². The fourth-order valence-electron chi connectivity index (χ4n) is 0.850. The maximum absolute atomic E-state index is 10.3. The Labute approximate surface area is 58.8 Å². The molecule has 3 N–H and O–H groups in total. The number of hydrogen-bond acceptors (Lipinski definition) is 2. The molecule has 0 saturated heterocycles. The third kappa shape index (κ3) is 1.25. The lowest BCUT2D eigenvalue weighted by Gasteiger charge is -2.03. The Hall–Kier alpha value is -1.09. The molecule has 0 heterocycles. The van der Waals surface area contributed by atoms with Crippen molar-refractivity contribution < 1.29 is 9.90 Å². The van der Waals surface area contributed by atoms with Crippen molar-refractivity contribution in [3.8, 4) is 0 Å². The molecule has 1 rings (SSSR count). The molecule has 0 radical (unpaired) electrons. The Morgan fingerprint density at radius 3 is 2.90 bits per heavy atom. The number of nitrogens with two attached hydrogens (primary N) is 1. The SMILES string of the molecule is N[C@@H](C(=O)O)C1=CCC=C1. The number of hydrogen-bond donors (Lipinski definition) is 2. The number of aliphatic carboxylic acids is 1. The van der Waals surface area contributed by atoms with Crippen LogP contribution in [0.3, 0.4) is 0 Å². The van der Waals surface area contributed by atoms with Gasteiger partial charge in [-0.3, -0.25) is 4.79 Å². The molecule has 0 aromatic rings. The Morgan fingerprint density at radius 1 is 1.80 bits per heavy atom. The highest BCUT2D eigenvalue weighted by molar-refractivity contribution is 5.78. The molecule has 0 aromatic carbocycles. The average Bonchev–Trinajstić information content (AvgIpc) is 2.36. The Balaban J connectivity index is 2.65. The highest BCUT2D eigenvalue weighted by Gasteiger charge is 2.15. The Bertz CT molecular complexity index is 206. The van der Waals surface area contributed by atoms with Gasteiger partial charge in [0, 0.05) is 0 Å². The largest absolute Gasteiger partial charge is 0.480 e. The number of rotatable bonds is 2. The first-order chi connectivity index (χ1) is 4.72. The zero-order chi connectivity index (χ0) is 7.56. The molecule has 3 heteroatoms. The van der Waals surface area contributed by atoms with Crippen LogP contribution in [0.1, 0.15) is 6.42 Å². The molecular weight excluding hydrogens is 130 g/mol. The first-order valence-corrected chi connectivity index (χ1v) is 3.07. The summed E-state index contributed by atoms with van der Waals surface area (Å²) in [6.07, 6.45) is 6.26. The maximum atomic E-state index is 10.3. The van der Waals surface area contributed by atoms with Crippen LogP contribution in [0.15, 0.2) is 23.8 Å². The molecule has 0 amide bonds. The number of carboxylic acid groups (broad SMARTS) is 1. The molecule has 54 valence electrons. The minimum atomic E-state index is -0.974. The molecule has 1 atom stereocenters. The van der Waals surface area contributed by atoms with Crippen molar-refractivity contribution in [3.63, 3.8) is 0 Å². The van der Waals surface area contributed by atoms with Crippen molar-refractivity contribution in [1.82, 2.24) is 0 Å². The van der Waals surface area contributed by atoms with Crippen LogP contribution in [0.25, 0.3) is 0 Å². The van der Waals surface area contributed by atoms with E-state index < -0.39 is 12.0 Å². The van der Waals surface area contributed by atoms with Gasteiger partial charge < -0.3 is 10.8 Å². The minimum Gasteiger partial charge on any atom is -0.480 e. The molecule has 1 aliphatic rings. The van der Waals surface area contributed by atoms with E-state index >= 15 is 0 Å². The van der Waals surface area contributed by atoms with Gasteiger partial charge in [0.25, 0.3) is 0 Å². The Morgan fingerprint density at radius 2 is 2.50 bits per heavy atom. The van der Waals surface area contributed by atoms with E-state index in [1.807, 2.05) is 12.2 Å². The number of allylic oxidation sites excluding steroid dienone is 2. The van der Waals surface area contributed by atoms with E-state index in [1.54, 1.807) is 6.08 Å². The van der Waals surface area contributed by atoms with Crippen LogP contribution in [0.5, 0.6) is 0 Å². The lowest BCUT2D eigenvalue weighted by atomic mass is 10.1. The predicted molar refractivity (Wildman–Crippen MR) is 37.5 cm³/mol. The molecule has 3 nitrogen and oxygen atoms in total. The second kappa shape index (κ2) is 2.66. The smallest absolute Gasteiger partial charge is 0.325 e. The van der Waals surface area contributed by atoms with E-state index in [2.05, 4.69) is 0 Å². The van der Waals surface area contributed by atoms with Crippen LogP contribution in [0, 0.1) is 0 Å². The van der Waals surface area contributed by atoms with Crippen molar-refractivity contribution in [2.75, 3.05) is 0 Å². The number of carboxylic acids is 1. The molecule has 0 aliphatic heterocycles. The number of carbonyl (C=O) groups is 1. The van der Waals surface area contributed by atoms with Gasteiger partial charge in [-0.1, -0.05) is 18.2 Å². The fraction of sp³-hybridized carbons (Fsp3) is 0.286. The van der Waals surface area contributed by atoms with Crippen molar-refractivity contribution in [3.05, 3.63) is 23.8 Å². The summed E-state index contributed by atoms with van der Waals surface area (Å²) < 4.78 is 0. The Kier molecular flexibility index (Phi) is 1.87. The summed E-state index contributed by atoms with van der Waals surface area (Å²) in [5, 5.41) is 8.44. The summed E-state index contributed by atoms with van der Waals surface area (Å²) >= 11 is 0. The topological polar surface area (TPSA) is 63.3 Å². The van der Waals surface area contributed by atoms with Gasteiger partial charge in [-0.2, -0.15) is 0 Å². The summed E-state index contributed by atoms with van der Waals surface area (Å²) in [5.74, 6) is -0.974. The first-order valence-electron chi connectivity index (χ1n) is 3.07. The summed E-state index contributed by atoms with van der Waals surface area (Å²) in [7, 11) is 0. The molecule has 0 unspecified atom stereocenters. The molecular formula is C7H9NO2. The highest BCUT2D eigenvalue weighted by Crippen LogP contribution is 2.11. The molecule has 0 fully saturated rings. The summed E-state index contributed by atoms with van der Waals surface area (Å²) in [6, 6.07) is -0.848. The van der Waals surface area contributed by atoms with E-state index in [0.29, 0.717) is 5.57 Å². The highest BCUT2D eigenvalue weighted by atomic mass is 16.4. The van der Waals surface area contributed by atoms with Crippen LogP contribution in [-0.2, 0) is 4.79 Å². The molecule has 10 heavy (non-hydrogen) atoms. The van der Waals surface area contributed by atoms with E-state index in [1.165, 1.54) is 0 Å². The molecule has 1 aliphatic carbocycles. The zero-order valence-corrected chi connectivity index (χ0v) is 5.45.